The molecule has 2 aromatic carbocycles. The molecule has 1 amide bonds. The Hall–Kier alpha value is -1.91. The van der Waals surface area contributed by atoms with Crippen LogP contribution >= 0.6 is 23.4 Å². The van der Waals surface area contributed by atoms with Gasteiger partial charge >= 0.3 is 6.18 Å². The van der Waals surface area contributed by atoms with Gasteiger partial charge in [0, 0.05) is 12.3 Å². The third-order valence-corrected chi connectivity index (χ3v) is 6.93. The molecule has 2 rings (SSSR count). The summed E-state index contributed by atoms with van der Waals surface area (Å²) in [7, 11) is -4.05. The predicted octanol–water partition coefficient (Wildman–Crippen LogP) is 4.87. The van der Waals surface area contributed by atoms with E-state index < -0.39 is 39.9 Å². The topological polar surface area (TPSA) is 66.5 Å². The van der Waals surface area contributed by atoms with Gasteiger partial charge in [0.15, 0.2) is 0 Å². The highest BCUT2D eigenvalue weighted by molar-refractivity contribution is 7.98. The summed E-state index contributed by atoms with van der Waals surface area (Å²) in [5.41, 5.74) is 0.942. The normalized spacial score (nSPS) is 11.9. The number of sulfonamides is 1. The Labute approximate surface area is 195 Å². The van der Waals surface area contributed by atoms with Crippen molar-refractivity contribution in [1.82, 2.24) is 5.32 Å². The number of nitrogens with one attached hydrogen (secondary N) is 1. The van der Waals surface area contributed by atoms with Gasteiger partial charge < -0.3 is 5.32 Å². The van der Waals surface area contributed by atoms with Crippen molar-refractivity contribution < 1.29 is 26.4 Å². The summed E-state index contributed by atoms with van der Waals surface area (Å²) in [5.74, 6) is 0.988. The van der Waals surface area contributed by atoms with E-state index in [-0.39, 0.29) is 5.02 Å². The Morgan fingerprint density at radius 3 is 2.53 bits per heavy atom. The van der Waals surface area contributed by atoms with Crippen LogP contribution in [0.2, 0.25) is 5.02 Å². The van der Waals surface area contributed by atoms with Gasteiger partial charge in [0.1, 0.15) is 6.54 Å². The molecule has 0 aliphatic rings. The van der Waals surface area contributed by atoms with Gasteiger partial charge in [-0.3, -0.25) is 9.10 Å². The zero-order valence-corrected chi connectivity index (χ0v) is 20.0. The molecule has 0 aromatic heterocycles. The number of hydrogen-bond donors (Lipinski definition) is 1. The first-order valence-corrected chi connectivity index (χ1v) is 13.0. The first-order valence-electron chi connectivity index (χ1n) is 9.62. The summed E-state index contributed by atoms with van der Waals surface area (Å²) in [6.07, 6.45) is -3.22. The molecule has 0 radical (unpaired) electrons. The van der Waals surface area contributed by atoms with E-state index >= 15 is 0 Å². The van der Waals surface area contributed by atoms with Gasteiger partial charge in [-0.25, -0.2) is 8.42 Å². The van der Waals surface area contributed by atoms with Crippen molar-refractivity contribution in [1.29, 1.82) is 0 Å². The smallest absolute Gasteiger partial charge is 0.354 e. The number of carbonyl (C=O) groups is 1. The van der Waals surface area contributed by atoms with Crippen LogP contribution < -0.4 is 9.62 Å². The number of nitrogens with zero attached hydrogens (tertiary/aromatic N) is 1. The van der Waals surface area contributed by atoms with Gasteiger partial charge in [0.25, 0.3) is 0 Å². The Morgan fingerprint density at radius 2 is 1.91 bits per heavy atom. The minimum Gasteiger partial charge on any atom is -0.354 e. The van der Waals surface area contributed by atoms with E-state index in [1.165, 1.54) is 11.1 Å². The number of hydrogen-bond acceptors (Lipinski definition) is 4. The molecule has 0 aliphatic carbocycles. The van der Waals surface area contributed by atoms with Gasteiger partial charge in [-0.1, -0.05) is 41.4 Å². The average Bonchev–Trinajstić information content (AvgIpc) is 2.68. The lowest BCUT2D eigenvalue weighted by Crippen LogP contribution is -2.41. The second-order valence-corrected chi connectivity index (χ2v) is 10.6. The highest BCUT2D eigenvalue weighted by Gasteiger charge is 2.33. The van der Waals surface area contributed by atoms with Gasteiger partial charge in [-0.05, 0) is 42.9 Å². The molecule has 0 spiro atoms. The largest absolute Gasteiger partial charge is 0.416 e. The molecule has 176 valence electrons. The molecule has 0 saturated heterocycles. The van der Waals surface area contributed by atoms with Gasteiger partial charge in [0.2, 0.25) is 15.9 Å². The molecular weight excluding hydrogens is 485 g/mol. The first kappa shape index (κ1) is 26.3. The number of amides is 1. The number of halogens is 4. The number of thioether (sulfide) groups is 1. The fraction of sp³-hybridized carbons (Fsp3) is 0.381. The molecule has 5 nitrogen and oxygen atoms in total. The second kappa shape index (κ2) is 11.3. The van der Waals surface area contributed by atoms with Crippen LogP contribution in [0.5, 0.6) is 0 Å². The summed E-state index contributed by atoms with van der Waals surface area (Å²) >= 11 is 7.65. The lowest BCUT2D eigenvalue weighted by molar-refractivity contribution is -0.137. The first-order chi connectivity index (χ1) is 14.9. The Kier molecular flexibility index (Phi) is 9.29. The van der Waals surface area contributed by atoms with Crippen LogP contribution in [0.1, 0.15) is 23.1 Å². The predicted molar refractivity (Wildman–Crippen MR) is 124 cm³/mol. The van der Waals surface area contributed by atoms with Crippen LogP contribution in [0.3, 0.4) is 0 Å². The zero-order valence-electron chi connectivity index (χ0n) is 17.6. The van der Waals surface area contributed by atoms with E-state index in [9.17, 15) is 26.4 Å². The zero-order chi connectivity index (χ0) is 23.9. The monoisotopic (exact) mass is 508 g/mol. The number of alkyl halides is 3. The van der Waals surface area contributed by atoms with Crippen LogP contribution in [-0.4, -0.2) is 39.4 Å². The SMILES string of the molecule is Cc1cccc(CSCCCNC(=O)CN(c2cc(C(F)(F)F)ccc2Cl)S(C)(=O)=O)c1. The Morgan fingerprint density at radius 1 is 1.19 bits per heavy atom. The van der Waals surface area contributed by atoms with E-state index in [4.69, 9.17) is 11.6 Å². The fourth-order valence-corrected chi connectivity index (χ4v) is 4.88. The molecule has 0 saturated carbocycles. The molecule has 0 heterocycles. The summed E-state index contributed by atoms with van der Waals surface area (Å²) in [6, 6.07) is 10.5. The molecule has 0 bridgehead atoms. The highest BCUT2D eigenvalue weighted by atomic mass is 35.5. The molecule has 2 aromatic rings. The molecule has 0 aliphatic heterocycles. The number of aryl methyl sites for hydroxylation is 1. The fourth-order valence-electron chi connectivity index (χ4n) is 2.84. The number of benzene rings is 2. The summed E-state index contributed by atoms with van der Waals surface area (Å²) in [5, 5.41) is 2.40. The van der Waals surface area contributed by atoms with E-state index in [1.807, 2.05) is 25.1 Å². The van der Waals surface area contributed by atoms with Crippen molar-refractivity contribution in [3.05, 3.63) is 64.2 Å². The van der Waals surface area contributed by atoms with Crippen LogP contribution in [-0.2, 0) is 26.7 Å². The molecule has 11 heteroatoms. The third-order valence-electron chi connectivity index (χ3n) is 4.37. The molecule has 0 unspecified atom stereocenters. The van der Waals surface area contributed by atoms with Crippen LogP contribution in [0.25, 0.3) is 0 Å². The Balaban J connectivity index is 1.91. The maximum absolute atomic E-state index is 13.0. The second-order valence-electron chi connectivity index (χ2n) is 7.18. The van der Waals surface area contributed by atoms with Gasteiger partial charge in [-0.2, -0.15) is 24.9 Å². The molecule has 0 fully saturated rings. The van der Waals surface area contributed by atoms with E-state index in [1.54, 1.807) is 11.8 Å². The maximum atomic E-state index is 13.0. The van der Waals surface area contributed by atoms with Crippen molar-refractivity contribution in [3.8, 4) is 0 Å². The highest BCUT2D eigenvalue weighted by Crippen LogP contribution is 2.36. The lowest BCUT2D eigenvalue weighted by Gasteiger charge is -2.24. The number of carbonyl (C=O) groups excluding carboxylic acids is 1. The van der Waals surface area contributed by atoms with E-state index in [0.717, 1.165) is 29.9 Å². The van der Waals surface area contributed by atoms with Gasteiger partial charge in [-0.15, -0.1) is 0 Å². The quantitative estimate of drug-likeness (QED) is 0.465. The molecular formula is C21H24ClF3N2O3S2. The average molecular weight is 509 g/mol. The molecule has 32 heavy (non-hydrogen) atoms. The minimum atomic E-state index is -4.68. The van der Waals surface area contributed by atoms with Crippen molar-refractivity contribution in [2.45, 2.75) is 25.3 Å². The van der Waals surface area contributed by atoms with Crippen molar-refractivity contribution in [2.24, 2.45) is 0 Å². The summed E-state index contributed by atoms with van der Waals surface area (Å²) < 4.78 is 64.0. The van der Waals surface area contributed by atoms with Gasteiger partial charge in [0.05, 0.1) is 22.5 Å². The van der Waals surface area contributed by atoms with Crippen molar-refractivity contribution in [3.63, 3.8) is 0 Å². The Bertz CT molecular complexity index is 1050. The van der Waals surface area contributed by atoms with E-state index in [2.05, 4.69) is 11.4 Å². The standard InChI is InChI=1S/C21H24ClF3N2O3S2/c1-15-5-3-6-16(11-15)14-31-10-4-9-26-20(28)13-27(32(2,29)30)19-12-17(21(23,24)25)7-8-18(19)22/h3,5-8,11-12H,4,9-10,13-14H2,1-2H3,(H,26,28). The summed E-state index contributed by atoms with van der Waals surface area (Å²) in [4.78, 5) is 12.3. The maximum Gasteiger partial charge on any atom is 0.416 e. The number of anilines is 1. The van der Waals surface area contributed by atoms with Crippen molar-refractivity contribution in [2.75, 3.05) is 29.4 Å². The van der Waals surface area contributed by atoms with Crippen LogP contribution in [0.4, 0.5) is 18.9 Å². The van der Waals surface area contributed by atoms with Crippen LogP contribution in [0.15, 0.2) is 42.5 Å². The van der Waals surface area contributed by atoms with E-state index in [0.29, 0.717) is 23.3 Å². The van der Waals surface area contributed by atoms with Crippen molar-refractivity contribution >= 4 is 45.0 Å². The molecule has 0 atom stereocenters. The van der Waals surface area contributed by atoms with Crippen LogP contribution in [0, 0.1) is 6.92 Å². The minimum absolute atomic E-state index is 0.205. The number of rotatable bonds is 10. The third kappa shape index (κ3) is 8.22. The summed E-state index contributed by atoms with van der Waals surface area (Å²) in [6.45, 7) is 1.67. The lowest BCUT2D eigenvalue weighted by atomic mass is 10.2. The molecule has 1 N–H and O–H groups in total.